The van der Waals surface area contributed by atoms with Crippen molar-refractivity contribution < 1.29 is 4.79 Å². The maximum atomic E-state index is 12.8. The number of anilines is 1. The maximum Gasteiger partial charge on any atom is 0.236 e. The van der Waals surface area contributed by atoms with Crippen molar-refractivity contribution in [3.8, 4) is 0 Å². The van der Waals surface area contributed by atoms with Gasteiger partial charge in [0.05, 0.1) is 6.54 Å². The first-order valence-corrected chi connectivity index (χ1v) is 11.6. The molecular formula is C24H36N6O. The first kappa shape index (κ1) is 21.8. The van der Waals surface area contributed by atoms with Gasteiger partial charge in [0.2, 0.25) is 5.91 Å². The number of imidazole rings is 1. The highest BCUT2D eigenvalue weighted by molar-refractivity contribution is 5.78. The number of hydrogen-bond acceptors (Lipinski definition) is 5. The Morgan fingerprint density at radius 3 is 2.26 bits per heavy atom. The number of aromatic nitrogens is 2. The molecule has 7 heteroatoms. The molecule has 1 amide bonds. The average molecular weight is 425 g/mol. The number of nitrogens with zero attached hydrogens (tertiary/aromatic N) is 6. The van der Waals surface area contributed by atoms with E-state index in [1.807, 2.05) is 17.2 Å². The Kier molecular flexibility index (Phi) is 7.25. The van der Waals surface area contributed by atoms with Crippen LogP contribution in [0.25, 0.3) is 0 Å². The van der Waals surface area contributed by atoms with E-state index in [-0.39, 0.29) is 5.91 Å². The molecule has 0 aliphatic carbocycles. The quantitative estimate of drug-likeness (QED) is 0.680. The number of rotatable bonds is 7. The molecule has 2 aliphatic rings. The number of hydrogen-bond donors (Lipinski definition) is 0. The van der Waals surface area contributed by atoms with E-state index in [1.165, 1.54) is 5.69 Å². The number of benzene rings is 1. The summed E-state index contributed by atoms with van der Waals surface area (Å²) >= 11 is 0. The molecule has 2 fully saturated rings. The normalized spacial score (nSPS) is 18.7. The molecule has 2 aromatic rings. The zero-order valence-electron chi connectivity index (χ0n) is 19.0. The lowest BCUT2D eigenvalue weighted by Crippen LogP contribution is -2.54. The minimum atomic E-state index is 0.279. The fourth-order valence-electron chi connectivity index (χ4n) is 4.57. The zero-order chi connectivity index (χ0) is 21.6. The van der Waals surface area contributed by atoms with Gasteiger partial charge in [-0.15, -0.1) is 0 Å². The summed E-state index contributed by atoms with van der Waals surface area (Å²) in [7, 11) is 0. The van der Waals surface area contributed by atoms with E-state index in [0.717, 1.165) is 71.3 Å². The van der Waals surface area contributed by atoms with Gasteiger partial charge in [-0.25, -0.2) is 4.98 Å². The first-order valence-electron chi connectivity index (χ1n) is 11.6. The molecule has 2 aliphatic heterocycles. The van der Waals surface area contributed by atoms with Crippen LogP contribution in [0.3, 0.4) is 0 Å². The van der Waals surface area contributed by atoms with Crippen LogP contribution in [-0.2, 0) is 11.3 Å². The van der Waals surface area contributed by atoms with Crippen LogP contribution in [0, 0.1) is 0 Å². The summed E-state index contributed by atoms with van der Waals surface area (Å²) in [6.07, 6.45) is 3.99. The van der Waals surface area contributed by atoms with Gasteiger partial charge in [-0.05, 0) is 12.1 Å². The molecular weight excluding hydrogens is 388 g/mol. The standard InChI is InChI=1S/C24H36N6O/c1-21(2)24-25-8-9-30(24)15-14-26-10-12-27(13-11-26)20-23(31)29-18-16-28(17-19-29)22-6-4-3-5-7-22/h3-9,21H,10-20H2,1-2H3. The lowest BCUT2D eigenvalue weighted by Gasteiger charge is -2.38. The van der Waals surface area contributed by atoms with Gasteiger partial charge in [0.15, 0.2) is 0 Å². The van der Waals surface area contributed by atoms with Crippen LogP contribution in [0.15, 0.2) is 42.7 Å². The Morgan fingerprint density at radius 1 is 0.903 bits per heavy atom. The van der Waals surface area contributed by atoms with Crippen molar-refractivity contribution in [1.82, 2.24) is 24.3 Å². The van der Waals surface area contributed by atoms with Crippen LogP contribution < -0.4 is 4.90 Å². The predicted molar refractivity (Wildman–Crippen MR) is 124 cm³/mol. The van der Waals surface area contributed by atoms with Crippen LogP contribution >= 0.6 is 0 Å². The maximum absolute atomic E-state index is 12.8. The number of piperazine rings is 2. The summed E-state index contributed by atoms with van der Waals surface area (Å²) in [5, 5.41) is 0. The van der Waals surface area contributed by atoms with Crippen molar-refractivity contribution in [3.05, 3.63) is 48.5 Å². The molecule has 1 aromatic carbocycles. The summed E-state index contributed by atoms with van der Waals surface area (Å²) < 4.78 is 2.27. The topological polar surface area (TPSA) is 47.9 Å². The highest BCUT2D eigenvalue weighted by Crippen LogP contribution is 2.16. The molecule has 0 bridgehead atoms. The fraction of sp³-hybridized carbons (Fsp3) is 0.583. The Bertz CT molecular complexity index is 820. The molecule has 0 unspecified atom stereocenters. The Hall–Kier alpha value is -2.38. The number of amides is 1. The smallest absolute Gasteiger partial charge is 0.236 e. The summed E-state index contributed by atoms with van der Waals surface area (Å²) in [5.41, 5.74) is 1.25. The van der Waals surface area contributed by atoms with E-state index in [9.17, 15) is 4.79 Å². The van der Waals surface area contributed by atoms with Crippen LogP contribution in [0.5, 0.6) is 0 Å². The van der Waals surface area contributed by atoms with Crippen molar-refractivity contribution in [2.75, 3.05) is 70.3 Å². The molecule has 2 saturated heterocycles. The summed E-state index contributed by atoms with van der Waals surface area (Å²) in [6, 6.07) is 10.5. The highest BCUT2D eigenvalue weighted by Gasteiger charge is 2.25. The largest absolute Gasteiger partial charge is 0.368 e. The molecule has 0 radical (unpaired) electrons. The average Bonchev–Trinajstić information content (AvgIpc) is 3.28. The first-order chi connectivity index (χ1) is 15.1. The van der Waals surface area contributed by atoms with Crippen LogP contribution in [0.2, 0.25) is 0 Å². The molecule has 168 valence electrons. The van der Waals surface area contributed by atoms with Crippen LogP contribution in [-0.4, -0.2) is 95.6 Å². The van der Waals surface area contributed by atoms with Gasteiger partial charge in [0, 0.05) is 89.4 Å². The van der Waals surface area contributed by atoms with E-state index in [2.05, 4.69) is 68.6 Å². The fourth-order valence-corrected chi connectivity index (χ4v) is 4.57. The minimum Gasteiger partial charge on any atom is -0.368 e. The third kappa shape index (κ3) is 5.66. The van der Waals surface area contributed by atoms with Gasteiger partial charge in [0.25, 0.3) is 0 Å². The molecule has 0 atom stereocenters. The van der Waals surface area contributed by atoms with Gasteiger partial charge in [0.1, 0.15) is 5.82 Å². The third-order valence-electron chi connectivity index (χ3n) is 6.50. The summed E-state index contributed by atoms with van der Waals surface area (Å²) in [6.45, 7) is 14.4. The molecule has 0 spiro atoms. The molecule has 1 aromatic heterocycles. The van der Waals surface area contributed by atoms with Gasteiger partial charge in [-0.2, -0.15) is 0 Å². The minimum absolute atomic E-state index is 0.279. The number of para-hydroxylation sites is 1. The predicted octanol–water partition coefficient (Wildman–Crippen LogP) is 1.97. The molecule has 31 heavy (non-hydrogen) atoms. The Labute approximate surface area is 186 Å². The van der Waals surface area contributed by atoms with Crippen molar-refractivity contribution >= 4 is 11.6 Å². The second-order valence-corrected chi connectivity index (χ2v) is 8.95. The lowest BCUT2D eigenvalue weighted by molar-refractivity contribution is -0.133. The summed E-state index contributed by atoms with van der Waals surface area (Å²) in [5.74, 6) is 1.89. The van der Waals surface area contributed by atoms with Gasteiger partial charge < -0.3 is 14.4 Å². The second kappa shape index (κ2) is 10.3. The molecule has 0 N–H and O–H groups in total. The summed E-state index contributed by atoms with van der Waals surface area (Å²) in [4.78, 5) is 26.5. The van der Waals surface area contributed by atoms with Crippen molar-refractivity contribution in [2.45, 2.75) is 26.3 Å². The molecule has 7 nitrogen and oxygen atoms in total. The molecule has 0 saturated carbocycles. The number of carbonyl (C=O) groups is 1. The van der Waals surface area contributed by atoms with Gasteiger partial charge >= 0.3 is 0 Å². The Morgan fingerprint density at radius 2 is 1.58 bits per heavy atom. The second-order valence-electron chi connectivity index (χ2n) is 8.95. The van der Waals surface area contributed by atoms with Gasteiger partial charge in [-0.3, -0.25) is 14.6 Å². The zero-order valence-corrected chi connectivity index (χ0v) is 19.0. The van der Waals surface area contributed by atoms with Crippen molar-refractivity contribution in [2.24, 2.45) is 0 Å². The Balaban J connectivity index is 1.16. The van der Waals surface area contributed by atoms with E-state index in [0.29, 0.717) is 12.5 Å². The van der Waals surface area contributed by atoms with Crippen molar-refractivity contribution in [1.29, 1.82) is 0 Å². The van der Waals surface area contributed by atoms with Gasteiger partial charge in [-0.1, -0.05) is 32.0 Å². The third-order valence-corrected chi connectivity index (χ3v) is 6.50. The van der Waals surface area contributed by atoms with E-state index < -0.39 is 0 Å². The molecule has 4 rings (SSSR count). The molecule has 3 heterocycles. The number of carbonyl (C=O) groups excluding carboxylic acids is 1. The van der Waals surface area contributed by atoms with Crippen molar-refractivity contribution in [3.63, 3.8) is 0 Å². The van der Waals surface area contributed by atoms with E-state index >= 15 is 0 Å². The van der Waals surface area contributed by atoms with Crippen LogP contribution in [0.4, 0.5) is 5.69 Å². The highest BCUT2D eigenvalue weighted by atomic mass is 16.2. The SMILES string of the molecule is CC(C)c1nccn1CCN1CCN(CC(=O)N2CCN(c3ccccc3)CC2)CC1. The van der Waals surface area contributed by atoms with E-state index in [4.69, 9.17) is 0 Å². The van der Waals surface area contributed by atoms with E-state index in [1.54, 1.807) is 0 Å². The lowest BCUT2D eigenvalue weighted by atomic mass is 10.2. The monoisotopic (exact) mass is 424 g/mol. The van der Waals surface area contributed by atoms with Crippen LogP contribution in [0.1, 0.15) is 25.6 Å².